The molecule has 2 amide bonds. The maximum Gasteiger partial charge on any atom is 0.339 e. The van der Waals surface area contributed by atoms with Crippen LogP contribution in [0.1, 0.15) is 0 Å². The second kappa shape index (κ2) is 6.61. The zero-order chi connectivity index (χ0) is 16.1. The zero-order valence-corrected chi connectivity index (χ0v) is 12.5. The number of amides is 2. The monoisotopic (exact) mass is 308 g/mol. The highest BCUT2D eigenvalue weighted by Gasteiger charge is 2.05. The predicted octanol–water partition coefficient (Wildman–Crippen LogP) is 2.63. The van der Waals surface area contributed by atoms with Gasteiger partial charge >= 0.3 is 6.03 Å². The predicted molar refractivity (Wildman–Crippen MR) is 88.7 cm³/mol. The Balaban J connectivity index is 1.56. The summed E-state index contributed by atoms with van der Waals surface area (Å²) in [7, 11) is 1.69. The number of aromatic nitrogens is 3. The number of hydrogen-bond acceptors (Lipinski definition) is 4. The Kier molecular flexibility index (Phi) is 4.19. The van der Waals surface area contributed by atoms with E-state index in [4.69, 9.17) is 0 Å². The van der Waals surface area contributed by atoms with Crippen LogP contribution in [0, 0.1) is 0 Å². The van der Waals surface area contributed by atoms with Gasteiger partial charge in [0.1, 0.15) is 0 Å². The lowest BCUT2D eigenvalue weighted by Gasteiger charge is -2.10. The highest BCUT2D eigenvalue weighted by Crippen LogP contribution is 2.20. The van der Waals surface area contributed by atoms with Crippen LogP contribution in [0.5, 0.6) is 0 Å². The van der Waals surface area contributed by atoms with E-state index in [0.29, 0.717) is 5.82 Å². The van der Waals surface area contributed by atoms with E-state index in [2.05, 4.69) is 38.6 Å². The lowest BCUT2D eigenvalue weighted by molar-refractivity contribution is 0.253. The van der Waals surface area contributed by atoms with Gasteiger partial charge < -0.3 is 0 Å². The first-order valence-corrected chi connectivity index (χ1v) is 7.05. The largest absolute Gasteiger partial charge is 0.339 e. The summed E-state index contributed by atoms with van der Waals surface area (Å²) in [5.74, 6) is 0.503. The molecule has 0 aliphatic carbocycles. The number of urea groups is 1. The van der Waals surface area contributed by atoms with Crippen LogP contribution < -0.4 is 16.2 Å². The lowest BCUT2D eigenvalue weighted by Crippen LogP contribution is -2.34. The van der Waals surface area contributed by atoms with E-state index >= 15 is 0 Å². The van der Waals surface area contributed by atoms with E-state index < -0.39 is 6.03 Å². The summed E-state index contributed by atoms with van der Waals surface area (Å²) >= 11 is 0. The standard InChI is InChI=1S/C16H16N6O/c1-22-15(11-17-21-22)18-16(23)20-19-14-9-7-13(8-10-14)12-5-3-2-4-6-12/h2-11,19H,1H3,(H2,18,20,23). The molecule has 0 unspecified atom stereocenters. The number of carbonyl (C=O) groups excluding carboxylic acids is 1. The fraction of sp³-hybridized carbons (Fsp3) is 0.0625. The van der Waals surface area contributed by atoms with Gasteiger partial charge in [-0.25, -0.2) is 9.48 Å². The Morgan fingerprint density at radius 1 is 1.00 bits per heavy atom. The molecule has 7 nitrogen and oxygen atoms in total. The molecule has 0 aliphatic heterocycles. The minimum atomic E-state index is -0.400. The van der Waals surface area contributed by atoms with Crippen LogP contribution in [0.4, 0.5) is 16.3 Å². The van der Waals surface area contributed by atoms with E-state index in [0.717, 1.165) is 16.8 Å². The van der Waals surface area contributed by atoms with Crippen molar-refractivity contribution in [2.45, 2.75) is 0 Å². The molecule has 0 spiro atoms. The molecule has 3 N–H and O–H groups in total. The van der Waals surface area contributed by atoms with Crippen molar-refractivity contribution in [3.05, 3.63) is 60.8 Å². The number of nitrogens with one attached hydrogen (secondary N) is 3. The Bertz CT molecular complexity index is 782. The summed E-state index contributed by atoms with van der Waals surface area (Å²) in [6, 6.07) is 17.5. The van der Waals surface area contributed by atoms with Crippen molar-refractivity contribution < 1.29 is 4.79 Å². The molecular formula is C16H16N6O. The maximum atomic E-state index is 11.8. The molecule has 0 saturated carbocycles. The molecule has 1 aromatic heterocycles. The number of nitrogens with zero attached hydrogens (tertiary/aromatic N) is 3. The first kappa shape index (κ1) is 14.6. The number of carbonyl (C=O) groups is 1. The summed E-state index contributed by atoms with van der Waals surface area (Å²) in [6.45, 7) is 0. The van der Waals surface area contributed by atoms with Gasteiger partial charge in [-0.2, -0.15) is 0 Å². The molecular weight excluding hydrogens is 292 g/mol. The van der Waals surface area contributed by atoms with Gasteiger partial charge in [-0.15, -0.1) is 5.10 Å². The Hall–Kier alpha value is -3.35. The second-order valence-corrected chi connectivity index (χ2v) is 4.89. The van der Waals surface area contributed by atoms with Crippen molar-refractivity contribution in [1.29, 1.82) is 0 Å². The van der Waals surface area contributed by atoms with Crippen molar-refractivity contribution in [2.75, 3.05) is 10.7 Å². The van der Waals surface area contributed by atoms with E-state index in [1.807, 2.05) is 42.5 Å². The van der Waals surface area contributed by atoms with Crippen molar-refractivity contribution >= 4 is 17.5 Å². The first-order valence-electron chi connectivity index (χ1n) is 7.05. The van der Waals surface area contributed by atoms with Crippen LogP contribution in [0.3, 0.4) is 0 Å². The van der Waals surface area contributed by atoms with Gasteiger partial charge in [0.2, 0.25) is 0 Å². The van der Waals surface area contributed by atoms with Crippen LogP contribution in [-0.2, 0) is 7.05 Å². The summed E-state index contributed by atoms with van der Waals surface area (Å²) in [6.07, 6.45) is 1.47. The third-order valence-electron chi connectivity index (χ3n) is 3.27. The first-order chi connectivity index (χ1) is 11.2. The molecule has 116 valence electrons. The number of anilines is 2. The van der Waals surface area contributed by atoms with Crippen molar-refractivity contribution in [1.82, 2.24) is 20.4 Å². The average Bonchev–Trinajstić information content (AvgIpc) is 2.99. The summed E-state index contributed by atoms with van der Waals surface area (Å²) in [5.41, 5.74) is 8.44. The van der Waals surface area contributed by atoms with Gasteiger partial charge in [0.15, 0.2) is 5.82 Å². The number of hydrogen-bond donors (Lipinski definition) is 3. The highest BCUT2D eigenvalue weighted by atomic mass is 16.2. The Morgan fingerprint density at radius 3 is 2.35 bits per heavy atom. The zero-order valence-electron chi connectivity index (χ0n) is 12.5. The van der Waals surface area contributed by atoms with Crippen molar-refractivity contribution in [2.24, 2.45) is 7.05 Å². The smallest absolute Gasteiger partial charge is 0.297 e. The molecule has 1 heterocycles. The third kappa shape index (κ3) is 3.65. The van der Waals surface area contributed by atoms with Crippen molar-refractivity contribution in [3.8, 4) is 11.1 Å². The summed E-state index contributed by atoms with van der Waals surface area (Å²) in [4.78, 5) is 11.8. The number of rotatable bonds is 4. The molecule has 0 saturated heterocycles. The molecule has 3 aromatic rings. The third-order valence-corrected chi connectivity index (χ3v) is 3.27. The molecule has 7 heteroatoms. The van der Waals surface area contributed by atoms with Gasteiger partial charge in [0.05, 0.1) is 11.9 Å². The molecule has 2 aromatic carbocycles. The normalized spacial score (nSPS) is 10.1. The quantitative estimate of drug-likeness (QED) is 0.647. The highest BCUT2D eigenvalue weighted by molar-refractivity contribution is 5.88. The lowest BCUT2D eigenvalue weighted by atomic mass is 10.1. The summed E-state index contributed by atoms with van der Waals surface area (Å²) in [5, 5.41) is 10.0. The van der Waals surface area contributed by atoms with E-state index in [1.54, 1.807) is 7.05 Å². The van der Waals surface area contributed by atoms with Crippen LogP contribution in [-0.4, -0.2) is 21.0 Å². The topological polar surface area (TPSA) is 83.9 Å². The molecule has 3 rings (SSSR count). The minimum Gasteiger partial charge on any atom is -0.297 e. The maximum absolute atomic E-state index is 11.8. The van der Waals surface area contributed by atoms with Crippen LogP contribution >= 0.6 is 0 Å². The molecule has 0 aliphatic rings. The SMILES string of the molecule is Cn1nncc1NC(=O)NNc1ccc(-c2ccccc2)cc1. The molecule has 0 atom stereocenters. The van der Waals surface area contributed by atoms with Crippen LogP contribution in [0.15, 0.2) is 60.8 Å². The van der Waals surface area contributed by atoms with Gasteiger partial charge in [-0.05, 0) is 23.3 Å². The Morgan fingerprint density at radius 2 is 1.70 bits per heavy atom. The fourth-order valence-corrected chi connectivity index (χ4v) is 2.06. The summed E-state index contributed by atoms with van der Waals surface area (Å²) < 4.78 is 1.47. The molecule has 0 bridgehead atoms. The van der Waals surface area contributed by atoms with E-state index in [1.165, 1.54) is 10.9 Å². The van der Waals surface area contributed by atoms with E-state index in [-0.39, 0.29) is 0 Å². The number of hydrazine groups is 1. The number of benzene rings is 2. The molecule has 0 radical (unpaired) electrons. The average molecular weight is 308 g/mol. The van der Waals surface area contributed by atoms with Crippen LogP contribution in [0.2, 0.25) is 0 Å². The van der Waals surface area contributed by atoms with Gasteiger partial charge in [-0.3, -0.25) is 16.2 Å². The molecule has 23 heavy (non-hydrogen) atoms. The number of aryl methyl sites for hydroxylation is 1. The van der Waals surface area contributed by atoms with Crippen LogP contribution in [0.25, 0.3) is 11.1 Å². The minimum absolute atomic E-state index is 0.400. The Labute approximate surface area is 133 Å². The van der Waals surface area contributed by atoms with E-state index in [9.17, 15) is 4.79 Å². The van der Waals surface area contributed by atoms with Gasteiger partial charge in [-0.1, -0.05) is 47.7 Å². The second-order valence-electron chi connectivity index (χ2n) is 4.89. The molecule has 0 fully saturated rings. The fourth-order valence-electron chi connectivity index (χ4n) is 2.06. The van der Waals surface area contributed by atoms with Gasteiger partial charge in [0, 0.05) is 7.05 Å². The van der Waals surface area contributed by atoms with Gasteiger partial charge in [0.25, 0.3) is 0 Å². The van der Waals surface area contributed by atoms with Crippen molar-refractivity contribution in [3.63, 3.8) is 0 Å².